The van der Waals surface area contributed by atoms with Crippen LogP contribution in [0, 0.1) is 24.7 Å². The standard InChI is InChI=1S/C19H18O5/c1-8-5-10-7-13(21)16-11(14(10)19(24)17(8)22)6-9-3-2-4-12(20)15(9)18(16)23/h2-5,7,9,11,15-16,20-22,24H,6H2,1H3. The van der Waals surface area contributed by atoms with Crippen molar-refractivity contribution in [2.75, 3.05) is 0 Å². The van der Waals surface area contributed by atoms with Crippen LogP contribution in [-0.2, 0) is 4.79 Å². The number of carbonyl (C=O) groups excluding carboxylic acids is 1. The zero-order valence-corrected chi connectivity index (χ0v) is 13.1. The van der Waals surface area contributed by atoms with Crippen molar-refractivity contribution in [3.63, 3.8) is 0 Å². The Morgan fingerprint density at radius 3 is 2.54 bits per heavy atom. The van der Waals surface area contributed by atoms with E-state index >= 15 is 0 Å². The summed E-state index contributed by atoms with van der Waals surface area (Å²) < 4.78 is 0. The molecule has 3 aliphatic rings. The number of aliphatic hydroxyl groups is 2. The molecule has 124 valence electrons. The van der Waals surface area contributed by atoms with E-state index in [1.54, 1.807) is 19.1 Å². The number of aromatic hydroxyl groups is 2. The molecule has 0 spiro atoms. The molecular weight excluding hydrogens is 308 g/mol. The molecule has 0 aromatic heterocycles. The first-order valence-electron chi connectivity index (χ1n) is 7.97. The molecule has 0 saturated heterocycles. The topological polar surface area (TPSA) is 98.0 Å². The molecule has 5 nitrogen and oxygen atoms in total. The molecule has 5 heteroatoms. The first kappa shape index (κ1) is 14.9. The number of aliphatic hydroxyl groups excluding tert-OH is 2. The Kier molecular flexibility index (Phi) is 3.04. The van der Waals surface area contributed by atoms with Gasteiger partial charge in [0.25, 0.3) is 0 Å². The van der Waals surface area contributed by atoms with Crippen molar-refractivity contribution in [3.8, 4) is 11.5 Å². The number of hydrogen-bond donors (Lipinski definition) is 4. The molecule has 24 heavy (non-hydrogen) atoms. The lowest BCUT2D eigenvalue weighted by molar-refractivity contribution is -0.130. The lowest BCUT2D eigenvalue weighted by Crippen LogP contribution is -2.42. The third kappa shape index (κ3) is 1.84. The van der Waals surface area contributed by atoms with Crippen molar-refractivity contribution >= 4 is 11.9 Å². The van der Waals surface area contributed by atoms with Crippen LogP contribution in [0.25, 0.3) is 6.08 Å². The summed E-state index contributed by atoms with van der Waals surface area (Å²) in [5, 5.41) is 41.0. The van der Waals surface area contributed by atoms with E-state index in [-0.39, 0.29) is 34.7 Å². The van der Waals surface area contributed by atoms with E-state index in [0.717, 1.165) is 0 Å². The molecular formula is C19H18O5. The Morgan fingerprint density at radius 1 is 1.04 bits per heavy atom. The summed E-state index contributed by atoms with van der Waals surface area (Å²) in [7, 11) is 0. The average Bonchev–Trinajstić information content (AvgIpc) is 2.52. The summed E-state index contributed by atoms with van der Waals surface area (Å²) in [6.45, 7) is 1.67. The second kappa shape index (κ2) is 4.90. The van der Waals surface area contributed by atoms with Crippen molar-refractivity contribution in [1.29, 1.82) is 0 Å². The fourth-order valence-corrected chi connectivity index (χ4v) is 4.35. The summed E-state index contributed by atoms with van der Waals surface area (Å²) in [6, 6.07) is 1.70. The van der Waals surface area contributed by atoms with E-state index in [0.29, 0.717) is 23.1 Å². The summed E-state index contributed by atoms with van der Waals surface area (Å²) in [4.78, 5) is 12.9. The molecule has 0 aliphatic heterocycles. The fourth-order valence-electron chi connectivity index (χ4n) is 4.35. The zero-order chi connectivity index (χ0) is 17.2. The van der Waals surface area contributed by atoms with Gasteiger partial charge >= 0.3 is 0 Å². The number of rotatable bonds is 0. The number of benzene rings is 1. The molecule has 4 rings (SSSR count). The molecule has 0 bridgehead atoms. The maximum Gasteiger partial charge on any atom is 0.161 e. The van der Waals surface area contributed by atoms with E-state index in [9.17, 15) is 25.2 Å². The lowest BCUT2D eigenvalue weighted by atomic mass is 9.61. The Labute approximate surface area is 138 Å². The molecule has 1 fully saturated rings. The van der Waals surface area contributed by atoms with Gasteiger partial charge in [0.2, 0.25) is 0 Å². The molecule has 1 aromatic rings. The minimum Gasteiger partial charge on any atom is -0.512 e. The number of aryl methyl sites for hydroxylation is 1. The highest BCUT2D eigenvalue weighted by molar-refractivity contribution is 5.92. The molecule has 0 amide bonds. The number of phenolic OH excluding ortho intramolecular Hbond substituents is 2. The Balaban J connectivity index is 1.89. The van der Waals surface area contributed by atoms with Crippen LogP contribution in [0.5, 0.6) is 11.5 Å². The fraction of sp³-hybridized carbons (Fsp3) is 0.316. The van der Waals surface area contributed by atoms with Crippen LogP contribution in [0.3, 0.4) is 0 Å². The lowest BCUT2D eigenvalue weighted by Gasteiger charge is -2.42. The van der Waals surface area contributed by atoms with E-state index in [2.05, 4.69) is 0 Å². The predicted molar refractivity (Wildman–Crippen MR) is 87.8 cm³/mol. The number of allylic oxidation sites excluding steroid dienone is 5. The summed E-state index contributed by atoms with van der Waals surface area (Å²) >= 11 is 0. The highest BCUT2D eigenvalue weighted by Crippen LogP contribution is 2.54. The molecule has 0 heterocycles. The van der Waals surface area contributed by atoms with Gasteiger partial charge in [-0.3, -0.25) is 4.79 Å². The molecule has 1 aromatic carbocycles. The van der Waals surface area contributed by atoms with Gasteiger partial charge in [-0.25, -0.2) is 0 Å². The van der Waals surface area contributed by atoms with Crippen molar-refractivity contribution in [1.82, 2.24) is 0 Å². The van der Waals surface area contributed by atoms with Crippen molar-refractivity contribution in [3.05, 3.63) is 52.5 Å². The minimum atomic E-state index is -0.811. The van der Waals surface area contributed by atoms with Gasteiger partial charge in [-0.1, -0.05) is 12.2 Å². The maximum atomic E-state index is 12.9. The quantitative estimate of drug-likeness (QED) is 0.549. The van der Waals surface area contributed by atoms with Crippen LogP contribution in [0.2, 0.25) is 0 Å². The molecule has 0 radical (unpaired) electrons. The number of hydrogen-bond acceptors (Lipinski definition) is 5. The van der Waals surface area contributed by atoms with Crippen molar-refractivity contribution < 1.29 is 25.2 Å². The van der Waals surface area contributed by atoms with Crippen LogP contribution in [0.1, 0.15) is 29.0 Å². The van der Waals surface area contributed by atoms with Crippen molar-refractivity contribution in [2.45, 2.75) is 19.3 Å². The Morgan fingerprint density at radius 2 is 1.79 bits per heavy atom. The second-order valence-electron chi connectivity index (χ2n) is 6.80. The summed E-state index contributed by atoms with van der Waals surface area (Å²) in [5.41, 5.74) is 1.62. The van der Waals surface area contributed by atoms with Crippen LogP contribution in [-0.4, -0.2) is 26.2 Å². The highest BCUT2D eigenvalue weighted by Gasteiger charge is 2.50. The third-order valence-corrected chi connectivity index (χ3v) is 5.44. The van der Waals surface area contributed by atoms with Gasteiger partial charge in [-0.15, -0.1) is 0 Å². The van der Waals surface area contributed by atoms with Crippen LogP contribution >= 0.6 is 0 Å². The molecule has 1 saturated carbocycles. The van der Waals surface area contributed by atoms with Gasteiger partial charge in [0, 0.05) is 11.5 Å². The molecule has 3 aliphatic carbocycles. The second-order valence-corrected chi connectivity index (χ2v) is 6.80. The third-order valence-electron chi connectivity index (χ3n) is 5.44. The van der Waals surface area contributed by atoms with Crippen LogP contribution < -0.4 is 0 Å². The van der Waals surface area contributed by atoms with Crippen molar-refractivity contribution in [2.24, 2.45) is 17.8 Å². The van der Waals surface area contributed by atoms with Gasteiger partial charge in [-0.2, -0.15) is 0 Å². The smallest absolute Gasteiger partial charge is 0.161 e. The number of fused-ring (bicyclic) bond motifs is 4. The molecule has 4 unspecified atom stereocenters. The summed E-state index contributed by atoms with van der Waals surface area (Å²) in [5.74, 6) is -2.81. The van der Waals surface area contributed by atoms with E-state index in [1.807, 2.05) is 6.08 Å². The maximum absolute atomic E-state index is 12.9. The van der Waals surface area contributed by atoms with Gasteiger partial charge in [-0.05, 0) is 48.6 Å². The Hall–Kier alpha value is -2.69. The average molecular weight is 326 g/mol. The zero-order valence-electron chi connectivity index (χ0n) is 13.1. The van der Waals surface area contributed by atoms with E-state index < -0.39 is 17.8 Å². The SMILES string of the molecule is Cc1cc2c(c(O)c1O)C1CC3C=CC=C(O)C3C(=O)C1C(O)=C2. The van der Waals surface area contributed by atoms with E-state index in [1.165, 1.54) is 12.2 Å². The minimum absolute atomic E-state index is 0.0144. The number of ketones is 1. The molecule has 4 N–H and O–H groups in total. The van der Waals surface area contributed by atoms with E-state index in [4.69, 9.17) is 0 Å². The summed E-state index contributed by atoms with van der Waals surface area (Å²) in [6.07, 6.45) is 7.06. The number of Topliss-reactive ketones (excluding diaryl/α,β-unsaturated/α-hetero) is 1. The predicted octanol–water partition coefficient (Wildman–Crippen LogP) is 3.24. The first-order valence-corrected chi connectivity index (χ1v) is 7.97. The van der Waals surface area contributed by atoms with Gasteiger partial charge < -0.3 is 20.4 Å². The van der Waals surface area contributed by atoms with Crippen LogP contribution in [0.15, 0.2) is 35.8 Å². The van der Waals surface area contributed by atoms with Crippen LogP contribution in [0.4, 0.5) is 0 Å². The number of phenols is 2. The van der Waals surface area contributed by atoms with Gasteiger partial charge in [0.1, 0.15) is 11.5 Å². The number of carbonyl (C=O) groups is 1. The molecule has 4 atom stereocenters. The first-order chi connectivity index (χ1) is 11.4. The van der Waals surface area contributed by atoms with Gasteiger partial charge in [0.15, 0.2) is 17.3 Å². The monoisotopic (exact) mass is 326 g/mol. The van der Waals surface area contributed by atoms with Gasteiger partial charge in [0.05, 0.1) is 11.8 Å². The largest absolute Gasteiger partial charge is 0.512 e. The normalized spacial score (nSPS) is 30.8. The Bertz CT molecular complexity index is 846. The highest BCUT2D eigenvalue weighted by atomic mass is 16.3.